The van der Waals surface area contributed by atoms with Gasteiger partial charge in [0.05, 0.1) is 24.0 Å². The molecule has 3 amide bonds. The predicted octanol–water partition coefficient (Wildman–Crippen LogP) is 3.43. The van der Waals surface area contributed by atoms with Gasteiger partial charge in [-0.2, -0.15) is 5.26 Å². The van der Waals surface area contributed by atoms with Crippen molar-refractivity contribution in [1.29, 1.82) is 5.26 Å². The fourth-order valence-corrected chi connectivity index (χ4v) is 6.94. The molecule has 9 nitrogen and oxygen atoms in total. The van der Waals surface area contributed by atoms with Crippen LogP contribution in [0.5, 0.6) is 5.75 Å². The topological polar surface area (TPSA) is 119 Å². The Morgan fingerprint density at radius 1 is 1.10 bits per heavy atom. The molecule has 204 valence electrons. The first-order valence-electron chi connectivity index (χ1n) is 13.1. The molecule has 0 bridgehead atoms. The van der Waals surface area contributed by atoms with E-state index < -0.39 is 47.1 Å². The minimum atomic E-state index is -2.99. The first-order valence-corrected chi connectivity index (χ1v) is 13.1. The summed E-state index contributed by atoms with van der Waals surface area (Å²) in [7, 11) is 1.51. The largest absolute Gasteiger partial charge is 0.496 e. The van der Waals surface area contributed by atoms with E-state index >= 15 is 0 Å². The average Bonchev–Trinajstić information content (AvgIpc) is 3.50. The highest BCUT2D eigenvalue weighted by molar-refractivity contribution is 6.08. The Balaban J connectivity index is 1.24. The summed E-state index contributed by atoms with van der Waals surface area (Å²) in [5, 5.41) is 13.5. The van der Waals surface area contributed by atoms with Crippen molar-refractivity contribution in [1.82, 2.24) is 14.8 Å². The molecule has 4 atom stereocenters. The van der Waals surface area contributed by atoms with Crippen molar-refractivity contribution in [2.45, 2.75) is 42.7 Å². The normalized spacial score (nSPS) is 29.6. The van der Waals surface area contributed by atoms with Crippen LogP contribution in [0.2, 0.25) is 0 Å². The maximum atomic E-state index is 14.6. The first kappa shape index (κ1) is 24.6. The quantitative estimate of drug-likeness (QED) is 0.523. The van der Waals surface area contributed by atoms with Crippen LogP contribution in [0.1, 0.15) is 35.3 Å². The van der Waals surface area contributed by atoms with E-state index in [9.17, 15) is 28.4 Å². The predicted molar refractivity (Wildman–Crippen MR) is 139 cm³/mol. The number of hydrogen-bond acceptors (Lipinski definition) is 5. The molecule has 1 unspecified atom stereocenters. The number of rotatable bonds is 3. The van der Waals surface area contributed by atoms with Crippen molar-refractivity contribution in [3.63, 3.8) is 0 Å². The number of fused-ring (bicyclic) bond motifs is 3. The summed E-state index contributed by atoms with van der Waals surface area (Å²) in [5.74, 6) is -3.93. The highest BCUT2D eigenvalue weighted by atomic mass is 19.3. The van der Waals surface area contributed by atoms with Crippen LogP contribution in [0.15, 0.2) is 48.5 Å². The van der Waals surface area contributed by atoms with Crippen LogP contribution in [-0.2, 0) is 15.0 Å². The van der Waals surface area contributed by atoms with E-state index in [-0.39, 0.29) is 37.5 Å². The number of hydrogen-bond donors (Lipinski definition) is 2. The van der Waals surface area contributed by atoms with Gasteiger partial charge in [0.1, 0.15) is 23.5 Å². The molecule has 3 aromatic rings. The van der Waals surface area contributed by atoms with Gasteiger partial charge < -0.3 is 24.8 Å². The van der Waals surface area contributed by atoms with Crippen molar-refractivity contribution >= 4 is 34.3 Å². The molecule has 1 aromatic heterocycles. The second-order valence-corrected chi connectivity index (χ2v) is 11.3. The second-order valence-electron chi connectivity index (χ2n) is 11.3. The number of carbonyl (C=O) groups excluding carboxylic acids is 3. The van der Waals surface area contributed by atoms with Gasteiger partial charge in [-0.1, -0.05) is 24.3 Å². The maximum absolute atomic E-state index is 14.6. The number of aromatic amines is 1. The van der Waals surface area contributed by atoms with E-state index in [1.54, 1.807) is 48.5 Å². The van der Waals surface area contributed by atoms with Gasteiger partial charge in [-0.25, -0.2) is 8.78 Å². The summed E-state index contributed by atoms with van der Waals surface area (Å²) in [6.07, 6.45) is -0.532. The number of likely N-dealkylation sites (tertiary alicyclic amines) is 2. The molecule has 4 heterocycles. The number of methoxy groups -OCH3 is 1. The number of para-hydroxylation sites is 1. The number of amides is 3. The molecule has 1 saturated carbocycles. The van der Waals surface area contributed by atoms with Gasteiger partial charge in [0.25, 0.3) is 11.8 Å². The summed E-state index contributed by atoms with van der Waals surface area (Å²) in [4.78, 5) is 46.6. The molecule has 11 heteroatoms. The lowest BCUT2D eigenvalue weighted by atomic mass is 9.80. The first-order chi connectivity index (χ1) is 19.1. The van der Waals surface area contributed by atoms with Gasteiger partial charge in [-0.15, -0.1) is 0 Å². The van der Waals surface area contributed by atoms with Crippen molar-refractivity contribution in [3.8, 4) is 11.8 Å². The van der Waals surface area contributed by atoms with Gasteiger partial charge in [-0.05, 0) is 36.2 Å². The number of carbonyl (C=O) groups is 3. The molecule has 2 aromatic carbocycles. The maximum Gasteiger partial charge on any atom is 0.271 e. The number of halogens is 2. The van der Waals surface area contributed by atoms with Crippen molar-refractivity contribution < 1.29 is 27.9 Å². The lowest BCUT2D eigenvalue weighted by Crippen LogP contribution is -2.50. The van der Waals surface area contributed by atoms with Gasteiger partial charge in [0, 0.05) is 42.5 Å². The summed E-state index contributed by atoms with van der Waals surface area (Å²) >= 11 is 0. The molecular weight excluding hydrogens is 520 g/mol. The number of alkyl halides is 2. The zero-order valence-corrected chi connectivity index (χ0v) is 21.5. The number of anilines is 1. The van der Waals surface area contributed by atoms with Crippen LogP contribution < -0.4 is 10.1 Å². The van der Waals surface area contributed by atoms with Gasteiger partial charge in [0.15, 0.2) is 0 Å². The number of H-pyrrole nitrogens is 1. The van der Waals surface area contributed by atoms with E-state index in [0.29, 0.717) is 27.9 Å². The van der Waals surface area contributed by atoms with E-state index in [1.165, 1.54) is 16.9 Å². The Labute approximate surface area is 227 Å². The molecule has 2 N–H and O–H groups in total. The molecule has 3 aliphatic heterocycles. The van der Waals surface area contributed by atoms with E-state index in [1.807, 2.05) is 0 Å². The zero-order chi connectivity index (χ0) is 28.0. The molecule has 3 fully saturated rings. The highest BCUT2D eigenvalue weighted by Crippen LogP contribution is 2.66. The van der Waals surface area contributed by atoms with Gasteiger partial charge >= 0.3 is 0 Å². The van der Waals surface area contributed by atoms with Crippen LogP contribution >= 0.6 is 0 Å². The molecule has 1 aliphatic carbocycles. The molecule has 2 spiro atoms. The monoisotopic (exact) mass is 545 g/mol. The Hall–Kier alpha value is -4.46. The molecule has 2 saturated heterocycles. The van der Waals surface area contributed by atoms with Crippen LogP contribution in [0.3, 0.4) is 0 Å². The standard InChI is InChI=1S/C29H25F2N5O4/c1-40-23-8-4-7-19-17(23)9-21(33-19)24(37)36-14-27(13-29(27,30)31)11-22(36)25(38)35-15-28(10-16(35)12-32)18-5-2-3-6-20(18)34-26(28)39/h2-9,16,22,33H,10-11,13-15H2,1H3,(H,34,39)/t16-,22-,27?,28-/m0/s1. The summed E-state index contributed by atoms with van der Waals surface area (Å²) in [6, 6.07) is 14.0. The highest BCUT2D eigenvalue weighted by Gasteiger charge is 2.75. The van der Waals surface area contributed by atoms with E-state index in [4.69, 9.17) is 4.74 Å². The minimum absolute atomic E-state index is 0.0710. The fraction of sp³-hybridized carbons (Fsp3) is 0.379. The van der Waals surface area contributed by atoms with E-state index in [0.717, 1.165) is 0 Å². The third-order valence-electron chi connectivity index (χ3n) is 9.18. The summed E-state index contributed by atoms with van der Waals surface area (Å²) < 4.78 is 34.6. The van der Waals surface area contributed by atoms with Crippen molar-refractivity contribution in [3.05, 3.63) is 59.8 Å². The number of nitrogens with one attached hydrogen (secondary N) is 2. The van der Waals surface area contributed by atoms with Gasteiger partial charge in [-0.3, -0.25) is 14.4 Å². The molecule has 40 heavy (non-hydrogen) atoms. The van der Waals surface area contributed by atoms with Gasteiger partial charge in [0.2, 0.25) is 11.8 Å². The Kier molecular flexibility index (Phi) is 4.94. The summed E-state index contributed by atoms with van der Waals surface area (Å²) in [6.45, 7) is -0.348. The average molecular weight is 546 g/mol. The Morgan fingerprint density at radius 3 is 2.60 bits per heavy atom. The SMILES string of the molecule is COc1cccc2[nH]c(C(=O)N3CC4(C[C@H]3C(=O)N3C[C@]5(C[C@H]3C#N)C(=O)Nc3ccccc35)CC4(F)F)cc12. The fourth-order valence-electron chi connectivity index (χ4n) is 6.94. The second kappa shape index (κ2) is 8.03. The van der Waals surface area contributed by atoms with Crippen LogP contribution in [0.4, 0.5) is 14.5 Å². The van der Waals surface area contributed by atoms with E-state index in [2.05, 4.69) is 16.4 Å². The third-order valence-corrected chi connectivity index (χ3v) is 9.18. The third kappa shape index (κ3) is 3.19. The summed E-state index contributed by atoms with van der Waals surface area (Å²) in [5.41, 5.74) is -0.488. The smallest absolute Gasteiger partial charge is 0.271 e. The number of benzene rings is 2. The Morgan fingerprint density at radius 2 is 1.88 bits per heavy atom. The van der Waals surface area contributed by atoms with Crippen LogP contribution in [0.25, 0.3) is 10.9 Å². The van der Waals surface area contributed by atoms with Crippen LogP contribution in [-0.4, -0.2) is 70.7 Å². The Bertz CT molecular complexity index is 1660. The molecular formula is C29H25F2N5O4. The molecule has 0 radical (unpaired) electrons. The zero-order valence-electron chi connectivity index (χ0n) is 21.5. The number of aromatic nitrogens is 1. The van der Waals surface area contributed by atoms with Crippen LogP contribution in [0, 0.1) is 16.7 Å². The van der Waals surface area contributed by atoms with Crippen molar-refractivity contribution in [2.24, 2.45) is 5.41 Å². The van der Waals surface area contributed by atoms with Crippen molar-refractivity contribution in [2.75, 3.05) is 25.5 Å². The minimum Gasteiger partial charge on any atom is -0.496 e. The lowest BCUT2D eigenvalue weighted by molar-refractivity contribution is -0.135. The lowest BCUT2D eigenvalue weighted by Gasteiger charge is -2.29. The number of nitriles is 1. The molecule has 7 rings (SSSR count). The number of ether oxygens (including phenoxy) is 1. The number of nitrogens with zero attached hydrogens (tertiary/aromatic N) is 3. The molecule has 4 aliphatic rings.